The molecular weight excluding hydrogens is 432 g/mol. The van der Waals surface area contributed by atoms with Gasteiger partial charge in [0.15, 0.2) is 0 Å². The molecule has 1 saturated carbocycles. The first-order chi connectivity index (χ1) is 14.1. The van der Waals surface area contributed by atoms with Gasteiger partial charge in [-0.05, 0) is 30.5 Å². The van der Waals surface area contributed by atoms with E-state index in [0.29, 0.717) is 26.1 Å². The Morgan fingerprint density at radius 1 is 0.897 bits per heavy atom. The third kappa shape index (κ3) is 5.38. The molecule has 2 aliphatic heterocycles. The van der Waals surface area contributed by atoms with Gasteiger partial charge in [0, 0.05) is 62.9 Å². The highest BCUT2D eigenvalue weighted by molar-refractivity contribution is 9.10. The molecule has 0 N–H and O–H groups in total. The van der Waals surface area contributed by atoms with E-state index in [4.69, 9.17) is 0 Å². The zero-order chi connectivity index (χ0) is 20.2. The lowest BCUT2D eigenvalue weighted by atomic mass is 9.91. The van der Waals surface area contributed by atoms with Crippen molar-refractivity contribution in [3.63, 3.8) is 0 Å². The number of hydrogen-bond acceptors (Lipinski definition) is 4. The summed E-state index contributed by atoms with van der Waals surface area (Å²) in [6, 6.07) is 8.69. The van der Waals surface area contributed by atoms with Crippen molar-refractivity contribution in [1.82, 2.24) is 19.6 Å². The van der Waals surface area contributed by atoms with Gasteiger partial charge in [-0.15, -0.1) is 0 Å². The number of piperazine rings is 2. The van der Waals surface area contributed by atoms with Gasteiger partial charge in [0.2, 0.25) is 11.8 Å². The number of amides is 2. The number of nitrogens with zero attached hydrogens (tertiary/aromatic N) is 4. The van der Waals surface area contributed by atoms with E-state index in [9.17, 15) is 9.59 Å². The third-order valence-corrected chi connectivity index (χ3v) is 7.08. The maximum atomic E-state index is 12.7. The SMILES string of the molecule is O=C(Cc1cccc(Br)c1)N1CCN(CC(=O)N2CCN(C3CCC3)CC2)CC1. The Hall–Kier alpha value is -1.44. The van der Waals surface area contributed by atoms with Crippen molar-refractivity contribution in [3.05, 3.63) is 34.3 Å². The number of rotatable bonds is 5. The smallest absolute Gasteiger partial charge is 0.236 e. The van der Waals surface area contributed by atoms with Gasteiger partial charge in [-0.1, -0.05) is 34.5 Å². The normalized spacial score (nSPS) is 21.8. The Kier molecular flexibility index (Phi) is 6.88. The molecule has 6 nitrogen and oxygen atoms in total. The predicted molar refractivity (Wildman–Crippen MR) is 117 cm³/mol. The van der Waals surface area contributed by atoms with Crippen molar-refractivity contribution in [1.29, 1.82) is 0 Å². The summed E-state index contributed by atoms with van der Waals surface area (Å²) in [6.07, 6.45) is 4.46. The van der Waals surface area contributed by atoms with Crippen LogP contribution in [0.25, 0.3) is 0 Å². The molecule has 3 aliphatic rings. The number of carbonyl (C=O) groups excluding carboxylic acids is 2. The van der Waals surface area contributed by atoms with Gasteiger partial charge in [-0.2, -0.15) is 0 Å². The lowest BCUT2D eigenvalue weighted by Crippen LogP contribution is -2.56. The summed E-state index contributed by atoms with van der Waals surface area (Å²) < 4.78 is 1.000. The summed E-state index contributed by atoms with van der Waals surface area (Å²) in [5.74, 6) is 0.411. The van der Waals surface area contributed by atoms with E-state index in [1.165, 1.54) is 19.3 Å². The molecule has 1 aromatic rings. The van der Waals surface area contributed by atoms with Gasteiger partial charge >= 0.3 is 0 Å². The average molecular weight is 463 g/mol. The van der Waals surface area contributed by atoms with E-state index in [1.807, 2.05) is 34.1 Å². The first kappa shape index (κ1) is 20.8. The molecule has 0 spiro atoms. The quantitative estimate of drug-likeness (QED) is 0.669. The first-order valence-electron chi connectivity index (χ1n) is 10.8. The van der Waals surface area contributed by atoms with Crippen LogP contribution in [0.1, 0.15) is 24.8 Å². The van der Waals surface area contributed by atoms with Crippen LogP contribution in [-0.4, -0.2) is 96.4 Å². The van der Waals surface area contributed by atoms with Crippen LogP contribution in [0.4, 0.5) is 0 Å². The van der Waals surface area contributed by atoms with Crippen LogP contribution >= 0.6 is 15.9 Å². The molecule has 2 amide bonds. The van der Waals surface area contributed by atoms with Crippen LogP contribution < -0.4 is 0 Å². The number of benzene rings is 1. The molecule has 1 aromatic carbocycles. The fourth-order valence-electron chi connectivity index (χ4n) is 4.47. The van der Waals surface area contributed by atoms with Gasteiger partial charge in [-0.3, -0.25) is 19.4 Å². The summed E-state index contributed by atoms with van der Waals surface area (Å²) in [4.78, 5) is 34.0. The Morgan fingerprint density at radius 2 is 1.55 bits per heavy atom. The molecule has 2 heterocycles. The minimum absolute atomic E-state index is 0.168. The van der Waals surface area contributed by atoms with Crippen LogP contribution in [0.15, 0.2) is 28.7 Å². The number of halogens is 1. The van der Waals surface area contributed by atoms with Crippen LogP contribution in [0, 0.1) is 0 Å². The second-order valence-electron chi connectivity index (χ2n) is 8.47. The van der Waals surface area contributed by atoms with Crippen molar-refractivity contribution in [3.8, 4) is 0 Å². The molecule has 0 aromatic heterocycles. The van der Waals surface area contributed by atoms with Gasteiger partial charge in [0.25, 0.3) is 0 Å². The summed E-state index contributed by atoms with van der Waals surface area (Å²) in [7, 11) is 0. The van der Waals surface area contributed by atoms with Gasteiger partial charge in [0.05, 0.1) is 13.0 Å². The highest BCUT2D eigenvalue weighted by Crippen LogP contribution is 2.25. The molecule has 0 unspecified atom stereocenters. The van der Waals surface area contributed by atoms with Crippen molar-refractivity contribution >= 4 is 27.7 Å². The Labute approximate surface area is 181 Å². The fourth-order valence-corrected chi connectivity index (χ4v) is 4.91. The van der Waals surface area contributed by atoms with E-state index < -0.39 is 0 Å². The van der Waals surface area contributed by atoms with Crippen molar-refractivity contribution in [2.24, 2.45) is 0 Å². The molecule has 2 saturated heterocycles. The van der Waals surface area contributed by atoms with Crippen LogP contribution in [0.2, 0.25) is 0 Å². The zero-order valence-corrected chi connectivity index (χ0v) is 18.6. The van der Waals surface area contributed by atoms with E-state index in [2.05, 4.69) is 25.7 Å². The lowest BCUT2D eigenvalue weighted by molar-refractivity contribution is -0.136. The molecule has 158 valence electrons. The van der Waals surface area contributed by atoms with Gasteiger partial charge in [0.1, 0.15) is 0 Å². The molecule has 3 fully saturated rings. The topological polar surface area (TPSA) is 47.1 Å². The molecule has 0 radical (unpaired) electrons. The van der Waals surface area contributed by atoms with E-state index in [-0.39, 0.29) is 11.8 Å². The van der Waals surface area contributed by atoms with Gasteiger partial charge < -0.3 is 9.80 Å². The molecule has 29 heavy (non-hydrogen) atoms. The highest BCUT2D eigenvalue weighted by Gasteiger charge is 2.30. The van der Waals surface area contributed by atoms with Crippen LogP contribution in [-0.2, 0) is 16.0 Å². The molecular formula is C22H31BrN4O2. The maximum Gasteiger partial charge on any atom is 0.236 e. The summed E-state index contributed by atoms with van der Waals surface area (Å²) in [5.41, 5.74) is 1.03. The Balaban J connectivity index is 1.17. The fraction of sp³-hybridized carbons (Fsp3) is 0.636. The minimum Gasteiger partial charge on any atom is -0.340 e. The summed E-state index contributed by atoms with van der Waals surface area (Å²) in [6.45, 7) is 7.21. The lowest BCUT2D eigenvalue weighted by Gasteiger charge is -2.43. The standard InChI is InChI=1S/C22H31BrN4O2/c23-19-4-1-3-18(15-19)16-21(28)26-9-7-24(8-10-26)17-22(29)27-13-11-25(12-14-27)20-5-2-6-20/h1,3-4,15,20H,2,5-14,16-17H2. The summed E-state index contributed by atoms with van der Waals surface area (Å²) in [5, 5.41) is 0. The van der Waals surface area contributed by atoms with Crippen molar-refractivity contribution < 1.29 is 9.59 Å². The maximum absolute atomic E-state index is 12.7. The van der Waals surface area contributed by atoms with Crippen molar-refractivity contribution in [2.45, 2.75) is 31.7 Å². The largest absolute Gasteiger partial charge is 0.340 e. The second kappa shape index (κ2) is 9.58. The average Bonchev–Trinajstić information content (AvgIpc) is 2.68. The van der Waals surface area contributed by atoms with Crippen LogP contribution in [0.3, 0.4) is 0 Å². The third-order valence-electron chi connectivity index (χ3n) is 6.59. The van der Waals surface area contributed by atoms with Gasteiger partial charge in [-0.25, -0.2) is 0 Å². The molecule has 0 bridgehead atoms. The molecule has 7 heteroatoms. The number of carbonyl (C=O) groups is 2. The van der Waals surface area contributed by atoms with Crippen LogP contribution in [0.5, 0.6) is 0 Å². The molecule has 1 aliphatic carbocycles. The highest BCUT2D eigenvalue weighted by atomic mass is 79.9. The predicted octanol–water partition coefficient (Wildman–Crippen LogP) is 1.83. The Bertz CT molecular complexity index is 723. The van der Waals surface area contributed by atoms with E-state index >= 15 is 0 Å². The second-order valence-corrected chi connectivity index (χ2v) is 9.38. The number of hydrogen-bond donors (Lipinski definition) is 0. The van der Waals surface area contributed by atoms with Crippen molar-refractivity contribution in [2.75, 3.05) is 58.9 Å². The zero-order valence-electron chi connectivity index (χ0n) is 17.1. The Morgan fingerprint density at radius 3 is 2.17 bits per heavy atom. The summed E-state index contributed by atoms with van der Waals surface area (Å²) >= 11 is 3.46. The van der Waals surface area contributed by atoms with E-state index in [0.717, 1.165) is 55.3 Å². The monoisotopic (exact) mass is 462 g/mol. The molecule has 0 atom stereocenters. The van der Waals surface area contributed by atoms with E-state index in [1.54, 1.807) is 0 Å². The molecule has 4 rings (SSSR count). The first-order valence-corrected chi connectivity index (χ1v) is 11.6. The minimum atomic E-state index is 0.168.